The molecule has 31 heavy (non-hydrogen) atoms. The first-order valence-electron chi connectivity index (χ1n) is 10.4. The zero-order valence-corrected chi connectivity index (χ0v) is 18.5. The summed E-state index contributed by atoms with van der Waals surface area (Å²) in [5.41, 5.74) is 1.84. The maximum absolute atomic E-state index is 13.2. The number of hydrogen-bond donors (Lipinski definition) is 1. The number of alkyl halides is 3. The highest BCUT2D eigenvalue weighted by atomic mass is 32.1. The monoisotopic (exact) mass is 447 g/mol. The van der Waals surface area contributed by atoms with Crippen LogP contribution in [-0.2, 0) is 29.2 Å². The molecule has 0 spiro atoms. The minimum Gasteiger partial charge on any atom is -0.481 e. The maximum Gasteiger partial charge on any atom is 0.416 e. The van der Waals surface area contributed by atoms with Gasteiger partial charge in [-0.3, -0.25) is 4.79 Å². The largest absolute Gasteiger partial charge is 0.481 e. The number of aromatic nitrogens is 1. The number of rotatable bonds is 5. The molecule has 1 aliphatic rings. The molecule has 1 N–H and O–H groups in total. The molecule has 0 fully saturated rings. The van der Waals surface area contributed by atoms with Crippen LogP contribution >= 0.6 is 11.3 Å². The summed E-state index contributed by atoms with van der Waals surface area (Å²) in [7, 11) is 0. The number of carboxylic acid groups (broad SMARTS) is 1. The third kappa shape index (κ3) is 3.53. The van der Waals surface area contributed by atoms with Crippen molar-refractivity contribution in [3.63, 3.8) is 0 Å². The summed E-state index contributed by atoms with van der Waals surface area (Å²) >= 11 is 1.62. The topological polar surface area (TPSA) is 50.2 Å². The van der Waals surface area contributed by atoms with E-state index in [1.807, 2.05) is 13.8 Å². The van der Waals surface area contributed by atoms with E-state index in [0.717, 1.165) is 47.2 Å². The first kappa shape index (κ1) is 21.8. The summed E-state index contributed by atoms with van der Waals surface area (Å²) in [5, 5.41) is 11.1. The minimum absolute atomic E-state index is 0.413. The van der Waals surface area contributed by atoms with Gasteiger partial charge in [0, 0.05) is 16.0 Å². The molecule has 0 saturated carbocycles. The van der Waals surface area contributed by atoms with E-state index in [1.165, 1.54) is 22.6 Å². The van der Waals surface area contributed by atoms with E-state index in [2.05, 4.69) is 0 Å². The smallest absolute Gasteiger partial charge is 0.416 e. The maximum atomic E-state index is 13.2. The number of aliphatic carboxylic acids is 1. The van der Waals surface area contributed by atoms with Gasteiger partial charge in [0.05, 0.1) is 11.0 Å². The average molecular weight is 448 g/mol. The van der Waals surface area contributed by atoms with Crippen molar-refractivity contribution in [1.82, 2.24) is 4.98 Å². The SMILES string of the molecule is CCCC(C)(C(=O)O)c1c(C)nc2sc3c(c2c1-c1ccc(C(F)(F)F)cc1)CCC3. The van der Waals surface area contributed by atoms with Crippen molar-refractivity contribution < 1.29 is 23.1 Å². The third-order valence-electron chi connectivity index (χ3n) is 6.31. The molecule has 7 heteroatoms. The summed E-state index contributed by atoms with van der Waals surface area (Å²) in [5.74, 6) is -0.946. The Hall–Kier alpha value is -2.41. The van der Waals surface area contributed by atoms with Gasteiger partial charge in [-0.15, -0.1) is 11.3 Å². The molecule has 164 valence electrons. The molecule has 0 amide bonds. The Morgan fingerprint density at radius 1 is 1.19 bits per heavy atom. The Morgan fingerprint density at radius 2 is 1.87 bits per heavy atom. The quantitative estimate of drug-likeness (QED) is 0.462. The molecule has 1 atom stereocenters. The number of halogens is 3. The molecule has 0 radical (unpaired) electrons. The third-order valence-corrected chi connectivity index (χ3v) is 7.49. The highest BCUT2D eigenvalue weighted by Gasteiger charge is 2.40. The fourth-order valence-corrected chi connectivity index (χ4v) is 6.19. The Morgan fingerprint density at radius 3 is 2.45 bits per heavy atom. The molecule has 0 bridgehead atoms. The fraction of sp³-hybridized carbons (Fsp3) is 0.417. The normalized spacial score (nSPS) is 15.8. The fourth-order valence-electron chi connectivity index (χ4n) is 4.87. The van der Waals surface area contributed by atoms with Crippen LogP contribution in [0.25, 0.3) is 21.3 Å². The predicted molar refractivity (Wildman–Crippen MR) is 117 cm³/mol. The molecular formula is C24H24F3NO2S. The van der Waals surface area contributed by atoms with Crippen LogP contribution in [0, 0.1) is 6.92 Å². The van der Waals surface area contributed by atoms with E-state index in [0.29, 0.717) is 29.7 Å². The molecule has 0 aliphatic heterocycles. The highest BCUT2D eigenvalue weighted by Crippen LogP contribution is 2.48. The summed E-state index contributed by atoms with van der Waals surface area (Å²) in [4.78, 5) is 19.3. The first-order valence-corrected chi connectivity index (χ1v) is 11.3. The molecule has 3 aromatic rings. The summed E-state index contributed by atoms with van der Waals surface area (Å²) in [6.45, 7) is 5.45. The van der Waals surface area contributed by atoms with Crippen LogP contribution in [-0.4, -0.2) is 16.1 Å². The van der Waals surface area contributed by atoms with Gasteiger partial charge in [0.2, 0.25) is 0 Å². The lowest BCUT2D eigenvalue weighted by Crippen LogP contribution is -2.34. The number of carboxylic acids is 1. The van der Waals surface area contributed by atoms with Crippen molar-refractivity contribution >= 4 is 27.5 Å². The number of hydrogen-bond acceptors (Lipinski definition) is 3. The van der Waals surface area contributed by atoms with Gasteiger partial charge >= 0.3 is 12.1 Å². The van der Waals surface area contributed by atoms with Gasteiger partial charge < -0.3 is 5.11 Å². The van der Waals surface area contributed by atoms with E-state index in [4.69, 9.17) is 4.98 Å². The lowest BCUT2D eigenvalue weighted by Gasteiger charge is -2.30. The van der Waals surface area contributed by atoms with Crippen LogP contribution in [0.2, 0.25) is 0 Å². The second-order valence-corrected chi connectivity index (χ2v) is 9.53. The van der Waals surface area contributed by atoms with E-state index >= 15 is 0 Å². The Balaban J connectivity index is 2.09. The molecule has 2 heterocycles. The second-order valence-electron chi connectivity index (χ2n) is 8.45. The minimum atomic E-state index is -4.42. The number of carbonyl (C=O) groups is 1. The van der Waals surface area contributed by atoms with Crippen molar-refractivity contribution in [3.8, 4) is 11.1 Å². The van der Waals surface area contributed by atoms with Crippen molar-refractivity contribution in [1.29, 1.82) is 0 Å². The van der Waals surface area contributed by atoms with Gasteiger partial charge in [-0.2, -0.15) is 13.2 Å². The lowest BCUT2D eigenvalue weighted by atomic mass is 9.73. The van der Waals surface area contributed by atoms with E-state index in [1.54, 1.807) is 18.3 Å². The molecule has 4 rings (SSSR count). The number of pyridine rings is 1. The molecule has 1 aliphatic carbocycles. The predicted octanol–water partition coefficient (Wildman–Crippen LogP) is 6.92. The number of benzene rings is 1. The first-order chi connectivity index (χ1) is 14.6. The number of thiophene rings is 1. The van der Waals surface area contributed by atoms with Crippen molar-refractivity contribution in [3.05, 3.63) is 51.5 Å². The summed E-state index contributed by atoms with van der Waals surface area (Å²) < 4.78 is 39.5. The van der Waals surface area contributed by atoms with E-state index in [9.17, 15) is 23.1 Å². The van der Waals surface area contributed by atoms with Crippen LogP contribution in [0.15, 0.2) is 24.3 Å². The number of aryl methyl sites for hydroxylation is 3. The lowest BCUT2D eigenvalue weighted by molar-refractivity contribution is -0.143. The zero-order valence-electron chi connectivity index (χ0n) is 17.7. The molecule has 3 nitrogen and oxygen atoms in total. The van der Waals surface area contributed by atoms with E-state index in [-0.39, 0.29) is 0 Å². The molecule has 1 aromatic carbocycles. The van der Waals surface area contributed by atoms with Gasteiger partial charge in [0.25, 0.3) is 0 Å². The van der Waals surface area contributed by atoms with Crippen molar-refractivity contribution in [2.24, 2.45) is 0 Å². The summed E-state index contributed by atoms with van der Waals surface area (Å²) in [6.07, 6.45) is -0.484. The standard InChI is InChI=1S/C24H24F3NO2S/c1-4-12-23(3,22(29)30)20-13(2)28-21-19(16-6-5-7-17(16)31-21)18(20)14-8-10-15(11-9-14)24(25,26)27/h8-11H,4-7,12H2,1-3H3,(H,29,30). The van der Waals surface area contributed by atoms with Gasteiger partial charge in [-0.25, -0.2) is 4.98 Å². The van der Waals surface area contributed by atoms with Gasteiger partial charge in [0.15, 0.2) is 0 Å². The summed E-state index contributed by atoms with van der Waals surface area (Å²) in [6, 6.07) is 5.08. The Kier molecular flexibility index (Phi) is 5.36. The van der Waals surface area contributed by atoms with Crippen molar-refractivity contribution in [2.45, 2.75) is 64.5 Å². The number of nitrogens with zero attached hydrogens (tertiary/aromatic N) is 1. The van der Waals surface area contributed by atoms with Crippen LogP contribution in [0.5, 0.6) is 0 Å². The van der Waals surface area contributed by atoms with Crippen LogP contribution in [0.1, 0.15) is 60.4 Å². The Labute approximate surface area is 182 Å². The molecule has 2 aromatic heterocycles. The highest BCUT2D eigenvalue weighted by molar-refractivity contribution is 7.19. The van der Waals surface area contributed by atoms with Crippen LogP contribution < -0.4 is 0 Å². The van der Waals surface area contributed by atoms with Gasteiger partial charge in [0.1, 0.15) is 4.83 Å². The molecule has 1 unspecified atom stereocenters. The van der Waals surface area contributed by atoms with Crippen molar-refractivity contribution in [2.75, 3.05) is 0 Å². The Bertz CT molecular complexity index is 1160. The van der Waals surface area contributed by atoms with Crippen LogP contribution in [0.4, 0.5) is 13.2 Å². The zero-order chi connectivity index (χ0) is 22.6. The number of fused-ring (bicyclic) bond motifs is 3. The van der Waals surface area contributed by atoms with E-state index < -0.39 is 23.1 Å². The molecule has 0 saturated heterocycles. The average Bonchev–Trinajstić information content (AvgIpc) is 3.27. The molecular weight excluding hydrogens is 423 g/mol. The van der Waals surface area contributed by atoms with Gasteiger partial charge in [-0.1, -0.05) is 25.5 Å². The van der Waals surface area contributed by atoms with Crippen LogP contribution in [0.3, 0.4) is 0 Å². The van der Waals surface area contributed by atoms with Gasteiger partial charge in [-0.05, 0) is 73.9 Å². The second kappa shape index (κ2) is 7.62.